The average molecular weight is 586 g/mol. The number of tetrazole rings is 1. The number of amides is 3. The summed E-state index contributed by atoms with van der Waals surface area (Å²) in [7, 11) is 1.67. The summed E-state index contributed by atoms with van der Waals surface area (Å²) in [5.74, 6) is -1.73. The Morgan fingerprint density at radius 3 is 2.92 bits per heavy atom. The van der Waals surface area contributed by atoms with Gasteiger partial charge in [0.15, 0.2) is 16.8 Å². The smallest absolute Gasteiger partial charge is 0.352 e. The zero-order valence-electron chi connectivity index (χ0n) is 19.2. The van der Waals surface area contributed by atoms with Crippen LogP contribution in [0.25, 0.3) is 0 Å². The second-order valence-corrected chi connectivity index (χ2v) is 11.0. The summed E-state index contributed by atoms with van der Waals surface area (Å²) >= 11 is 5.02. The van der Waals surface area contributed by atoms with Crippen LogP contribution in [-0.4, -0.2) is 100 Å². The van der Waals surface area contributed by atoms with Gasteiger partial charge in [-0.15, -0.1) is 40.0 Å². The molecule has 1 fully saturated rings. The Balaban J connectivity index is 1.49. The summed E-state index contributed by atoms with van der Waals surface area (Å²) in [5.41, 5.74) is 0.407. The molecule has 4 heterocycles. The van der Waals surface area contributed by atoms with Gasteiger partial charge in [-0.05, 0) is 22.3 Å². The molecule has 15 nitrogen and oxygen atoms in total. The standard InChI is InChI=1S/C18H19N9O6S4/c1-26-18(22-24-25-26)37-4-8-3-35-15-11(14(30)27(15)12(8)16(31)32)21-13(29)10(23-33-7-34-2)9-5-36-17(20-9)19-6-28/h5-6,11,15H,3-4,7H2,1-2H3,(H,21,29)(H,31,32)(H,19,20,28)/b23-10-/t11?,15-/m1/s1. The van der Waals surface area contributed by atoms with Gasteiger partial charge in [-0.3, -0.25) is 19.3 Å². The molecule has 0 spiro atoms. The minimum atomic E-state index is -1.24. The van der Waals surface area contributed by atoms with Crippen molar-refractivity contribution in [3.8, 4) is 0 Å². The Morgan fingerprint density at radius 1 is 1.43 bits per heavy atom. The number of oxime groups is 1. The number of aryl methyl sites for hydroxylation is 1. The molecule has 1 saturated heterocycles. The molecule has 37 heavy (non-hydrogen) atoms. The highest BCUT2D eigenvalue weighted by Crippen LogP contribution is 2.41. The van der Waals surface area contributed by atoms with Crippen LogP contribution in [0.3, 0.4) is 0 Å². The fraction of sp³-hybridized carbons (Fsp3) is 0.389. The third kappa shape index (κ3) is 5.73. The molecule has 3 amide bonds. The van der Waals surface area contributed by atoms with E-state index in [1.165, 1.54) is 50.2 Å². The lowest BCUT2D eigenvalue weighted by molar-refractivity contribution is -0.150. The number of rotatable bonds is 12. The third-order valence-electron chi connectivity index (χ3n) is 4.96. The third-order valence-corrected chi connectivity index (χ3v) is 8.51. The Labute approximate surface area is 225 Å². The van der Waals surface area contributed by atoms with Crippen LogP contribution in [0.1, 0.15) is 5.69 Å². The van der Waals surface area contributed by atoms with E-state index < -0.39 is 29.2 Å². The Morgan fingerprint density at radius 2 is 2.24 bits per heavy atom. The van der Waals surface area contributed by atoms with Crippen molar-refractivity contribution >= 4 is 81.7 Å². The maximum absolute atomic E-state index is 13.1. The number of carbonyl (C=O) groups is 4. The zero-order chi connectivity index (χ0) is 26.5. The predicted molar refractivity (Wildman–Crippen MR) is 137 cm³/mol. The van der Waals surface area contributed by atoms with E-state index in [4.69, 9.17) is 4.84 Å². The number of thioether (sulfide) groups is 3. The van der Waals surface area contributed by atoms with Crippen LogP contribution in [0.2, 0.25) is 0 Å². The highest BCUT2D eigenvalue weighted by atomic mass is 32.2. The van der Waals surface area contributed by atoms with Crippen LogP contribution in [0.4, 0.5) is 5.13 Å². The number of aromatic nitrogens is 5. The molecular formula is C18H19N9O6S4. The number of hydrogen-bond acceptors (Lipinski definition) is 14. The lowest BCUT2D eigenvalue weighted by atomic mass is 10.0. The number of carboxylic acids is 1. The molecule has 2 atom stereocenters. The molecule has 2 aliphatic rings. The first-order chi connectivity index (χ1) is 17.8. The molecule has 4 rings (SSSR count). The second-order valence-electron chi connectivity index (χ2n) is 7.27. The van der Waals surface area contributed by atoms with E-state index in [2.05, 4.69) is 36.3 Å². The van der Waals surface area contributed by atoms with Crippen molar-refractivity contribution in [2.75, 3.05) is 29.0 Å². The van der Waals surface area contributed by atoms with Crippen molar-refractivity contribution < 1.29 is 29.1 Å². The van der Waals surface area contributed by atoms with Gasteiger partial charge < -0.3 is 20.6 Å². The van der Waals surface area contributed by atoms with Crippen molar-refractivity contribution in [1.29, 1.82) is 0 Å². The number of hydrogen-bond donors (Lipinski definition) is 3. The lowest BCUT2D eigenvalue weighted by Crippen LogP contribution is -2.71. The van der Waals surface area contributed by atoms with Gasteiger partial charge in [-0.2, -0.15) is 0 Å². The van der Waals surface area contributed by atoms with Crippen LogP contribution >= 0.6 is 46.6 Å². The lowest BCUT2D eigenvalue weighted by Gasteiger charge is -2.49. The average Bonchev–Trinajstić information content (AvgIpc) is 3.51. The highest BCUT2D eigenvalue weighted by Gasteiger charge is 2.54. The normalized spacial score (nSPS) is 19.2. The summed E-state index contributed by atoms with van der Waals surface area (Å²) < 4.78 is 1.47. The topological polar surface area (TPSA) is 194 Å². The summed E-state index contributed by atoms with van der Waals surface area (Å²) in [6.45, 7) is 0. The van der Waals surface area contributed by atoms with Crippen LogP contribution in [0, 0.1) is 0 Å². The molecule has 2 aromatic rings. The number of aliphatic carboxylic acids is 1. The van der Waals surface area contributed by atoms with Gasteiger partial charge in [0.1, 0.15) is 22.8 Å². The SMILES string of the molecule is CSCO/N=C(\C(=O)NC1C(=O)N2C(C(=O)O)=C(CSc3nnnn3C)CS[C@H]12)c1csc(NC=O)n1. The molecule has 1 unspecified atom stereocenters. The first kappa shape index (κ1) is 26.9. The summed E-state index contributed by atoms with van der Waals surface area (Å²) in [5, 5.41) is 31.6. The summed E-state index contributed by atoms with van der Waals surface area (Å²) in [6.07, 6.45) is 2.24. The predicted octanol–water partition coefficient (Wildman–Crippen LogP) is -0.193. The summed E-state index contributed by atoms with van der Waals surface area (Å²) in [6, 6.07) is -0.971. The molecule has 196 valence electrons. The summed E-state index contributed by atoms with van der Waals surface area (Å²) in [4.78, 5) is 59.3. The number of nitrogens with zero attached hydrogens (tertiary/aromatic N) is 7. The van der Waals surface area contributed by atoms with Gasteiger partial charge in [-0.25, -0.2) is 14.5 Å². The zero-order valence-corrected chi connectivity index (χ0v) is 22.4. The van der Waals surface area contributed by atoms with Crippen LogP contribution in [0.15, 0.2) is 27.0 Å². The number of anilines is 1. The van der Waals surface area contributed by atoms with Gasteiger partial charge >= 0.3 is 5.97 Å². The number of nitrogens with one attached hydrogen (secondary N) is 2. The quantitative estimate of drug-likeness (QED) is 0.0565. The minimum absolute atomic E-state index is 0.108. The van der Waals surface area contributed by atoms with E-state index in [9.17, 15) is 24.3 Å². The van der Waals surface area contributed by atoms with Crippen LogP contribution in [0.5, 0.6) is 0 Å². The fourth-order valence-corrected chi connectivity index (χ4v) is 6.49. The fourth-order valence-electron chi connectivity index (χ4n) is 3.35. The Kier molecular flexibility index (Phi) is 8.67. The molecule has 0 aliphatic carbocycles. The Hall–Kier alpha value is -3.16. The van der Waals surface area contributed by atoms with Crippen LogP contribution < -0.4 is 10.6 Å². The second kappa shape index (κ2) is 11.9. The van der Waals surface area contributed by atoms with E-state index in [0.29, 0.717) is 22.9 Å². The molecule has 0 aromatic carbocycles. The molecule has 0 radical (unpaired) electrons. The van der Waals surface area contributed by atoms with Crippen molar-refractivity contribution in [2.24, 2.45) is 12.2 Å². The number of thiazole rings is 1. The van der Waals surface area contributed by atoms with Crippen molar-refractivity contribution in [1.82, 2.24) is 35.4 Å². The number of carbonyl (C=O) groups excluding carboxylic acids is 3. The van der Waals surface area contributed by atoms with Gasteiger partial charge in [0.25, 0.3) is 11.8 Å². The largest absolute Gasteiger partial charge is 0.477 e. The van der Waals surface area contributed by atoms with E-state index >= 15 is 0 Å². The number of β-lactam (4-membered cyclic amide) rings is 1. The molecule has 2 aliphatic heterocycles. The van der Waals surface area contributed by atoms with E-state index in [1.54, 1.807) is 13.3 Å². The first-order valence-corrected chi connectivity index (χ1v) is 14.6. The molecule has 0 bridgehead atoms. The van der Waals surface area contributed by atoms with Crippen molar-refractivity contribution in [2.45, 2.75) is 16.6 Å². The first-order valence-electron chi connectivity index (χ1n) is 10.3. The highest BCUT2D eigenvalue weighted by molar-refractivity contribution is 8.01. The Bertz CT molecular complexity index is 1280. The maximum atomic E-state index is 13.1. The van der Waals surface area contributed by atoms with Gasteiger partial charge in [0, 0.05) is 23.9 Å². The molecule has 3 N–H and O–H groups in total. The number of fused-ring (bicyclic) bond motifs is 1. The van der Waals surface area contributed by atoms with Crippen LogP contribution in [-0.2, 0) is 31.1 Å². The molecule has 19 heteroatoms. The van der Waals surface area contributed by atoms with E-state index in [-0.39, 0.29) is 33.9 Å². The van der Waals surface area contributed by atoms with Crippen molar-refractivity contribution in [3.63, 3.8) is 0 Å². The molecule has 0 saturated carbocycles. The van der Waals surface area contributed by atoms with E-state index in [1.807, 2.05) is 0 Å². The molecule has 2 aromatic heterocycles. The maximum Gasteiger partial charge on any atom is 0.352 e. The van der Waals surface area contributed by atoms with E-state index in [0.717, 1.165) is 11.3 Å². The van der Waals surface area contributed by atoms with Gasteiger partial charge in [0.2, 0.25) is 11.6 Å². The number of carboxylic acid groups (broad SMARTS) is 1. The minimum Gasteiger partial charge on any atom is -0.477 e. The monoisotopic (exact) mass is 585 g/mol. The van der Waals surface area contributed by atoms with Crippen molar-refractivity contribution in [3.05, 3.63) is 22.3 Å². The van der Waals surface area contributed by atoms with Gasteiger partial charge in [-0.1, -0.05) is 16.9 Å². The van der Waals surface area contributed by atoms with Gasteiger partial charge in [0.05, 0.1) is 0 Å². The molecular weight excluding hydrogens is 567 g/mol.